The van der Waals surface area contributed by atoms with Crippen LogP contribution in [0.1, 0.15) is 13.8 Å². The molecule has 0 saturated heterocycles. The summed E-state index contributed by atoms with van der Waals surface area (Å²) in [5.41, 5.74) is 1.10. The van der Waals surface area contributed by atoms with Crippen LogP contribution in [0.15, 0.2) is 11.6 Å². The number of rotatable bonds is 3. The molecule has 0 heterocycles. The van der Waals surface area contributed by atoms with Crippen LogP contribution >= 0.6 is 0 Å². The van der Waals surface area contributed by atoms with Gasteiger partial charge in [-0.05, 0) is 25.5 Å². The molecule has 1 nitrogen and oxygen atoms in total. The molecule has 0 saturated carbocycles. The Balaban J connectivity index is 3.98. The summed E-state index contributed by atoms with van der Waals surface area (Å²) in [4.78, 5) is 0. The van der Waals surface area contributed by atoms with Crippen LogP contribution in [-0.2, 0) is 0 Å². The number of aliphatic hydroxyl groups excluding tert-OH is 1. The fourth-order valence-electron chi connectivity index (χ4n) is 0.933. The first kappa shape index (κ1) is 10.9. The fourth-order valence-corrected chi connectivity index (χ4v) is 2.42. The first-order chi connectivity index (χ1) is 4.87. The standard InChI is InChI=1S/C9H20OSi/c1-6-8(2)9(10)7-11(3,4)5/h6,9-10H,7H2,1-5H3/b8-6+. The molecule has 1 unspecified atom stereocenters. The molecule has 0 fully saturated rings. The second kappa shape index (κ2) is 4.07. The van der Waals surface area contributed by atoms with E-state index in [4.69, 9.17) is 0 Å². The molecule has 0 rings (SSSR count). The molecule has 0 spiro atoms. The van der Waals surface area contributed by atoms with Crippen LogP contribution in [0.3, 0.4) is 0 Å². The smallest absolute Gasteiger partial charge is 0.0723 e. The quantitative estimate of drug-likeness (QED) is 0.512. The fraction of sp³-hybridized carbons (Fsp3) is 0.778. The van der Waals surface area contributed by atoms with Gasteiger partial charge < -0.3 is 5.11 Å². The van der Waals surface area contributed by atoms with Crippen molar-refractivity contribution in [3.05, 3.63) is 11.6 Å². The molecule has 0 aliphatic rings. The van der Waals surface area contributed by atoms with Crippen molar-refractivity contribution in [1.82, 2.24) is 0 Å². The molecule has 0 aromatic rings. The van der Waals surface area contributed by atoms with Crippen molar-refractivity contribution < 1.29 is 5.11 Å². The van der Waals surface area contributed by atoms with Crippen LogP contribution in [0.5, 0.6) is 0 Å². The third kappa shape index (κ3) is 5.22. The zero-order valence-corrected chi connectivity index (χ0v) is 9.31. The highest BCUT2D eigenvalue weighted by Crippen LogP contribution is 2.16. The van der Waals surface area contributed by atoms with E-state index in [9.17, 15) is 5.11 Å². The van der Waals surface area contributed by atoms with Gasteiger partial charge in [-0.3, -0.25) is 0 Å². The summed E-state index contributed by atoms with van der Waals surface area (Å²) in [6.07, 6.45) is 1.79. The largest absolute Gasteiger partial charge is 0.389 e. The SMILES string of the molecule is C/C=C(\C)C(O)C[Si](C)(C)C. The molecule has 1 N–H and O–H groups in total. The predicted molar refractivity (Wildman–Crippen MR) is 53.6 cm³/mol. The summed E-state index contributed by atoms with van der Waals surface area (Å²) in [6, 6.07) is 0.975. The molecule has 0 radical (unpaired) electrons. The van der Waals surface area contributed by atoms with Gasteiger partial charge >= 0.3 is 0 Å². The molecule has 0 amide bonds. The average Bonchev–Trinajstić information content (AvgIpc) is 1.82. The summed E-state index contributed by atoms with van der Waals surface area (Å²) < 4.78 is 0. The van der Waals surface area contributed by atoms with Crippen molar-refractivity contribution >= 4 is 8.07 Å². The Hall–Kier alpha value is -0.0831. The van der Waals surface area contributed by atoms with Gasteiger partial charge in [-0.1, -0.05) is 25.7 Å². The lowest BCUT2D eigenvalue weighted by molar-refractivity contribution is 0.229. The molecule has 0 aliphatic carbocycles. The van der Waals surface area contributed by atoms with Crippen molar-refractivity contribution in [3.8, 4) is 0 Å². The third-order valence-corrected chi connectivity index (χ3v) is 3.40. The zero-order chi connectivity index (χ0) is 9.07. The lowest BCUT2D eigenvalue weighted by Crippen LogP contribution is -2.27. The van der Waals surface area contributed by atoms with Crippen LogP contribution in [0.25, 0.3) is 0 Å². The van der Waals surface area contributed by atoms with Crippen molar-refractivity contribution in [2.75, 3.05) is 0 Å². The van der Waals surface area contributed by atoms with E-state index in [1.807, 2.05) is 19.9 Å². The van der Waals surface area contributed by atoms with E-state index < -0.39 is 8.07 Å². The Bertz CT molecular complexity index is 144. The van der Waals surface area contributed by atoms with Gasteiger partial charge in [0.05, 0.1) is 6.10 Å². The molecule has 2 heteroatoms. The summed E-state index contributed by atoms with van der Waals surface area (Å²) in [6.45, 7) is 10.8. The maximum Gasteiger partial charge on any atom is 0.0723 e. The van der Waals surface area contributed by atoms with Crippen molar-refractivity contribution in [2.45, 2.75) is 45.6 Å². The molecule has 66 valence electrons. The molecule has 11 heavy (non-hydrogen) atoms. The van der Waals surface area contributed by atoms with E-state index in [2.05, 4.69) is 19.6 Å². The monoisotopic (exact) mass is 172 g/mol. The minimum absolute atomic E-state index is 0.202. The second-order valence-corrected chi connectivity index (χ2v) is 9.84. The van der Waals surface area contributed by atoms with Crippen LogP contribution in [0.2, 0.25) is 25.7 Å². The van der Waals surface area contributed by atoms with Crippen LogP contribution in [0.4, 0.5) is 0 Å². The van der Waals surface area contributed by atoms with Crippen molar-refractivity contribution in [1.29, 1.82) is 0 Å². The Morgan fingerprint density at radius 1 is 1.45 bits per heavy atom. The zero-order valence-electron chi connectivity index (χ0n) is 8.31. The van der Waals surface area contributed by atoms with E-state index in [1.54, 1.807) is 0 Å². The maximum absolute atomic E-state index is 9.62. The van der Waals surface area contributed by atoms with Gasteiger partial charge in [0, 0.05) is 8.07 Å². The minimum Gasteiger partial charge on any atom is -0.389 e. The maximum atomic E-state index is 9.62. The molecule has 0 bridgehead atoms. The Labute approximate surface area is 71.1 Å². The number of hydrogen-bond donors (Lipinski definition) is 1. The second-order valence-electron chi connectivity index (χ2n) is 4.31. The van der Waals surface area contributed by atoms with Crippen LogP contribution < -0.4 is 0 Å². The van der Waals surface area contributed by atoms with Gasteiger partial charge in [-0.15, -0.1) is 0 Å². The highest BCUT2D eigenvalue weighted by Gasteiger charge is 2.18. The first-order valence-electron chi connectivity index (χ1n) is 4.17. The van der Waals surface area contributed by atoms with Gasteiger partial charge in [-0.2, -0.15) is 0 Å². The third-order valence-electron chi connectivity index (χ3n) is 1.79. The highest BCUT2D eigenvalue weighted by atomic mass is 28.3. The van der Waals surface area contributed by atoms with Gasteiger partial charge in [0.15, 0.2) is 0 Å². The van der Waals surface area contributed by atoms with E-state index in [-0.39, 0.29) is 6.10 Å². The van der Waals surface area contributed by atoms with Crippen molar-refractivity contribution in [3.63, 3.8) is 0 Å². The van der Waals surface area contributed by atoms with E-state index in [1.165, 1.54) is 0 Å². The molecule has 0 aromatic carbocycles. The number of hydrogen-bond acceptors (Lipinski definition) is 1. The molecule has 0 aromatic heterocycles. The van der Waals surface area contributed by atoms with Gasteiger partial charge in [0.2, 0.25) is 0 Å². The summed E-state index contributed by atoms with van der Waals surface area (Å²) in [7, 11) is -1.09. The Kier molecular flexibility index (Phi) is 4.04. The molecule has 0 aliphatic heterocycles. The highest BCUT2D eigenvalue weighted by molar-refractivity contribution is 6.76. The topological polar surface area (TPSA) is 20.2 Å². The van der Waals surface area contributed by atoms with E-state index >= 15 is 0 Å². The predicted octanol–water partition coefficient (Wildman–Crippen LogP) is 2.65. The summed E-state index contributed by atoms with van der Waals surface area (Å²) >= 11 is 0. The lowest BCUT2D eigenvalue weighted by Gasteiger charge is -2.20. The summed E-state index contributed by atoms with van der Waals surface area (Å²) in [5.74, 6) is 0. The molecular weight excluding hydrogens is 152 g/mol. The van der Waals surface area contributed by atoms with E-state index in [0.29, 0.717) is 0 Å². The first-order valence-corrected chi connectivity index (χ1v) is 7.88. The number of aliphatic hydroxyl groups is 1. The van der Waals surface area contributed by atoms with Crippen LogP contribution in [0, 0.1) is 0 Å². The Morgan fingerprint density at radius 2 is 1.91 bits per heavy atom. The molecule has 1 atom stereocenters. The lowest BCUT2D eigenvalue weighted by atomic mass is 10.2. The average molecular weight is 172 g/mol. The van der Waals surface area contributed by atoms with Crippen LogP contribution in [-0.4, -0.2) is 19.3 Å². The minimum atomic E-state index is -1.09. The van der Waals surface area contributed by atoms with Gasteiger partial charge in [0.1, 0.15) is 0 Å². The normalized spacial score (nSPS) is 16.7. The van der Waals surface area contributed by atoms with Gasteiger partial charge in [-0.25, -0.2) is 0 Å². The Morgan fingerprint density at radius 3 is 2.18 bits per heavy atom. The van der Waals surface area contributed by atoms with E-state index in [0.717, 1.165) is 11.6 Å². The molecular formula is C9H20OSi. The van der Waals surface area contributed by atoms with Crippen molar-refractivity contribution in [2.24, 2.45) is 0 Å². The number of allylic oxidation sites excluding steroid dienone is 1. The van der Waals surface area contributed by atoms with Gasteiger partial charge in [0.25, 0.3) is 0 Å². The summed E-state index contributed by atoms with van der Waals surface area (Å²) in [5, 5.41) is 9.62.